The summed E-state index contributed by atoms with van der Waals surface area (Å²) >= 11 is 1.26. The number of aromatic nitrogens is 2. The molecule has 2 amide bonds. The van der Waals surface area contributed by atoms with Crippen molar-refractivity contribution in [1.82, 2.24) is 20.8 Å². The number of ether oxygens (including phenoxy) is 3. The van der Waals surface area contributed by atoms with Crippen LogP contribution in [0.5, 0.6) is 17.2 Å². The van der Waals surface area contributed by atoms with Gasteiger partial charge in [-0.2, -0.15) is 0 Å². The summed E-state index contributed by atoms with van der Waals surface area (Å²) in [6, 6.07) is 8.52. The van der Waals surface area contributed by atoms with Crippen LogP contribution in [0.3, 0.4) is 0 Å². The van der Waals surface area contributed by atoms with Crippen LogP contribution in [0, 0.1) is 5.82 Å². The van der Waals surface area contributed by atoms with E-state index in [-0.39, 0.29) is 24.8 Å². The summed E-state index contributed by atoms with van der Waals surface area (Å²) < 4.78 is 31.6. The number of hydrogen-bond donors (Lipinski definition) is 3. The highest BCUT2D eigenvalue weighted by molar-refractivity contribution is 7.18. The zero-order valence-electron chi connectivity index (χ0n) is 19.9. The van der Waals surface area contributed by atoms with Gasteiger partial charge in [0.15, 0.2) is 18.1 Å². The van der Waals surface area contributed by atoms with Gasteiger partial charge in [-0.1, -0.05) is 11.3 Å². The van der Waals surface area contributed by atoms with E-state index < -0.39 is 23.9 Å². The van der Waals surface area contributed by atoms with Crippen molar-refractivity contribution in [2.75, 3.05) is 37.4 Å². The van der Waals surface area contributed by atoms with E-state index in [9.17, 15) is 14.0 Å². The van der Waals surface area contributed by atoms with Crippen LogP contribution in [0.4, 0.5) is 14.7 Å². The number of fused-ring (bicyclic) bond motifs is 5. The number of nitrogens with one attached hydrogen (secondary N) is 2. The highest BCUT2D eigenvalue weighted by Gasteiger charge is 2.34. The molecule has 1 saturated heterocycles. The Morgan fingerprint density at radius 2 is 2.08 bits per heavy atom. The minimum Gasteiger partial charge on any atom is -0.493 e. The molecule has 0 radical (unpaired) electrons. The summed E-state index contributed by atoms with van der Waals surface area (Å²) in [7, 11) is 1.47. The molecule has 0 spiro atoms. The van der Waals surface area contributed by atoms with E-state index in [2.05, 4.69) is 20.8 Å². The maximum absolute atomic E-state index is 14.4. The van der Waals surface area contributed by atoms with Gasteiger partial charge in [0.25, 0.3) is 11.8 Å². The van der Waals surface area contributed by atoms with Crippen LogP contribution in [0.1, 0.15) is 22.3 Å². The molecular weight excluding hydrogens is 503 g/mol. The molecule has 4 N–H and O–H groups in total. The summed E-state index contributed by atoms with van der Waals surface area (Å²) in [6.45, 7) is 0.725. The minimum absolute atomic E-state index is 0.0879. The van der Waals surface area contributed by atoms with Crippen LogP contribution in [0.2, 0.25) is 0 Å². The van der Waals surface area contributed by atoms with Crippen molar-refractivity contribution in [3.8, 4) is 17.2 Å². The Morgan fingerprint density at radius 1 is 1.22 bits per heavy atom. The third kappa shape index (κ3) is 5.66. The zero-order valence-corrected chi connectivity index (χ0v) is 20.7. The van der Waals surface area contributed by atoms with Crippen LogP contribution < -0.4 is 35.5 Å². The lowest BCUT2D eigenvalue weighted by Gasteiger charge is -2.38. The number of nitrogen functional groups attached to an aromatic ring is 1. The van der Waals surface area contributed by atoms with Crippen molar-refractivity contribution >= 4 is 33.4 Å². The number of carbonyl (C=O) groups is 2. The first-order chi connectivity index (χ1) is 17.9. The number of carbonyl (C=O) groups excluding carboxylic acids is 2. The van der Waals surface area contributed by atoms with E-state index in [0.717, 1.165) is 0 Å². The lowest BCUT2D eigenvalue weighted by atomic mass is 10.0. The fraction of sp³-hybridized carbons (Fsp3) is 0.333. The Kier molecular flexibility index (Phi) is 6.95. The average molecular weight is 529 g/mol. The van der Waals surface area contributed by atoms with E-state index in [1.165, 1.54) is 36.6 Å². The number of benzene rings is 2. The first-order valence-corrected chi connectivity index (χ1v) is 12.4. The second kappa shape index (κ2) is 10.5. The van der Waals surface area contributed by atoms with Gasteiger partial charge in [0, 0.05) is 37.7 Å². The van der Waals surface area contributed by atoms with Crippen molar-refractivity contribution in [2.45, 2.75) is 25.1 Å². The number of piperidine rings is 1. The predicted molar refractivity (Wildman–Crippen MR) is 134 cm³/mol. The molecule has 194 valence electrons. The third-order valence-corrected chi connectivity index (χ3v) is 6.87. The number of amides is 2. The Bertz CT molecular complexity index is 1320. The second-order valence-electron chi connectivity index (χ2n) is 8.62. The molecule has 1 fully saturated rings. The van der Waals surface area contributed by atoms with Gasteiger partial charge in [-0.3, -0.25) is 9.59 Å². The summed E-state index contributed by atoms with van der Waals surface area (Å²) in [4.78, 5) is 27.6. The average Bonchev–Trinajstić information content (AvgIpc) is 3.32. The summed E-state index contributed by atoms with van der Waals surface area (Å²) in [5, 5.41) is 14.7. The molecule has 0 unspecified atom stereocenters. The number of rotatable bonds is 2. The Balaban J connectivity index is 1.48. The van der Waals surface area contributed by atoms with Crippen LogP contribution in [0.25, 0.3) is 0 Å². The monoisotopic (exact) mass is 528 g/mol. The second-order valence-corrected chi connectivity index (χ2v) is 9.61. The molecule has 4 bridgehead atoms. The maximum Gasteiger partial charge on any atom is 0.258 e. The largest absolute Gasteiger partial charge is 0.493 e. The number of methoxy groups -OCH3 is 1. The number of halogens is 1. The van der Waals surface area contributed by atoms with E-state index in [1.54, 1.807) is 18.2 Å². The van der Waals surface area contributed by atoms with Gasteiger partial charge in [-0.15, -0.1) is 10.2 Å². The van der Waals surface area contributed by atoms with Crippen molar-refractivity contribution in [3.63, 3.8) is 0 Å². The van der Waals surface area contributed by atoms with Crippen LogP contribution in [0.15, 0.2) is 36.4 Å². The van der Waals surface area contributed by atoms with Gasteiger partial charge in [0.05, 0.1) is 13.2 Å². The Labute approximate surface area is 215 Å². The highest BCUT2D eigenvalue weighted by Crippen LogP contribution is 2.30. The molecule has 0 aliphatic carbocycles. The van der Waals surface area contributed by atoms with Crippen LogP contribution >= 0.6 is 11.3 Å². The lowest BCUT2D eigenvalue weighted by molar-refractivity contribution is -0.123. The fourth-order valence-electron chi connectivity index (χ4n) is 4.28. The van der Waals surface area contributed by atoms with Gasteiger partial charge in [0.1, 0.15) is 17.7 Å². The van der Waals surface area contributed by atoms with Crippen molar-refractivity contribution in [2.24, 2.45) is 0 Å². The molecule has 1 aromatic heterocycles. The summed E-state index contributed by atoms with van der Waals surface area (Å²) in [5.74, 6) is -0.368. The molecule has 0 saturated carbocycles. The fourth-order valence-corrected chi connectivity index (χ4v) is 4.93. The molecule has 2 aliphatic heterocycles. The standard InChI is InChI=1S/C24H25FN6O5S/c1-34-19-3-2-14-8-20(19)35-12-21(32)27-10-13-6-15(25)9-16(7-13)36-18-4-5-31(11-17(18)28-22(14)33)24-30-29-23(26)37-24/h2-3,6-9,17-18H,4-5,10-12H2,1H3,(H2,26,29)(H,27,32)(H,28,33)/t17-,18+/m0/s1. The van der Waals surface area contributed by atoms with Crippen LogP contribution in [-0.2, 0) is 11.3 Å². The molecule has 2 aliphatic rings. The minimum atomic E-state index is -0.499. The molecular formula is C24H25FN6O5S. The molecule has 2 atom stereocenters. The Morgan fingerprint density at radius 3 is 2.86 bits per heavy atom. The van der Waals surface area contributed by atoms with Crippen molar-refractivity contribution in [3.05, 3.63) is 53.3 Å². The molecule has 3 aromatic rings. The van der Waals surface area contributed by atoms with E-state index in [0.29, 0.717) is 52.4 Å². The number of anilines is 2. The zero-order chi connectivity index (χ0) is 25.9. The highest BCUT2D eigenvalue weighted by atomic mass is 32.1. The smallest absolute Gasteiger partial charge is 0.258 e. The van der Waals surface area contributed by atoms with Crippen LogP contribution in [-0.4, -0.2) is 61.0 Å². The van der Waals surface area contributed by atoms with Gasteiger partial charge in [-0.25, -0.2) is 4.39 Å². The first kappa shape index (κ1) is 24.6. The normalized spacial score (nSPS) is 20.1. The molecule has 37 heavy (non-hydrogen) atoms. The Hall–Kier alpha value is -4.13. The van der Waals surface area contributed by atoms with E-state index >= 15 is 0 Å². The van der Waals surface area contributed by atoms with Crippen molar-refractivity contribution < 1.29 is 28.2 Å². The lowest BCUT2D eigenvalue weighted by Crippen LogP contribution is -2.57. The number of hydrogen-bond acceptors (Lipinski definition) is 10. The van der Waals surface area contributed by atoms with Gasteiger partial charge >= 0.3 is 0 Å². The molecule has 3 heterocycles. The quantitative estimate of drug-likeness (QED) is 0.453. The number of nitrogens with two attached hydrogens (primary N) is 1. The van der Waals surface area contributed by atoms with E-state index in [4.69, 9.17) is 19.9 Å². The molecule has 5 rings (SSSR count). The molecule has 11 nitrogen and oxygen atoms in total. The third-order valence-electron chi connectivity index (χ3n) is 6.06. The van der Waals surface area contributed by atoms with E-state index in [1.807, 2.05) is 4.90 Å². The topological polar surface area (TPSA) is 141 Å². The number of nitrogens with zero attached hydrogens (tertiary/aromatic N) is 3. The summed E-state index contributed by atoms with van der Waals surface area (Å²) in [5.41, 5.74) is 6.60. The van der Waals surface area contributed by atoms with Crippen molar-refractivity contribution in [1.29, 1.82) is 0 Å². The summed E-state index contributed by atoms with van der Waals surface area (Å²) in [6.07, 6.45) is 0.0563. The first-order valence-electron chi connectivity index (χ1n) is 11.6. The van der Waals surface area contributed by atoms with Gasteiger partial charge < -0.3 is 35.5 Å². The van der Waals surface area contributed by atoms with Gasteiger partial charge in [-0.05, 0) is 35.9 Å². The maximum atomic E-state index is 14.4. The van der Waals surface area contributed by atoms with Gasteiger partial charge in [0.2, 0.25) is 10.3 Å². The molecule has 2 aromatic carbocycles. The molecule has 13 heteroatoms. The predicted octanol–water partition coefficient (Wildman–Crippen LogP) is 1.73. The SMILES string of the molecule is COc1ccc2cc1OCC(=O)NCc1cc(F)cc(c1)O[C@@H]1CCN(c3nnc(N)s3)C[C@@H]1NC2=O.